The third kappa shape index (κ3) is 1.72. The summed E-state index contributed by atoms with van der Waals surface area (Å²) < 4.78 is 2.17. The van der Waals surface area contributed by atoms with Gasteiger partial charge in [0.2, 0.25) is 0 Å². The zero-order valence-electron chi connectivity index (χ0n) is 10.0. The van der Waals surface area contributed by atoms with E-state index in [0.29, 0.717) is 0 Å². The van der Waals surface area contributed by atoms with Gasteiger partial charge in [0.1, 0.15) is 5.82 Å². The second-order valence-corrected chi connectivity index (χ2v) is 4.40. The van der Waals surface area contributed by atoms with Crippen molar-refractivity contribution in [1.82, 2.24) is 25.1 Å². The highest BCUT2D eigenvalue weighted by molar-refractivity contribution is 5.54. The number of aryl methyl sites for hydroxylation is 1. The van der Waals surface area contributed by atoms with Crippen LogP contribution in [0.15, 0.2) is 18.3 Å². The van der Waals surface area contributed by atoms with Gasteiger partial charge in [0, 0.05) is 30.5 Å². The Morgan fingerprint density at radius 3 is 3.00 bits per heavy atom. The zero-order valence-corrected chi connectivity index (χ0v) is 10.0. The van der Waals surface area contributed by atoms with Crippen LogP contribution in [0.3, 0.4) is 0 Å². The van der Waals surface area contributed by atoms with Crippen molar-refractivity contribution in [3.8, 4) is 11.4 Å². The summed E-state index contributed by atoms with van der Waals surface area (Å²) in [5.41, 5.74) is 2.05. The van der Waals surface area contributed by atoms with E-state index in [1.54, 1.807) is 0 Å². The third-order valence-electron chi connectivity index (χ3n) is 3.12. The number of hydrogen-bond acceptors (Lipinski definition) is 4. The van der Waals surface area contributed by atoms with E-state index in [2.05, 4.69) is 32.0 Å². The number of nitrogens with zero attached hydrogens (tertiary/aromatic N) is 4. The highest BCUT2D eigenvalue weighted by Crippen LogP contribution is 2.22. The molecule has 0 aromatic carbocycles. The lowest BCUT2D eigenvalue weighted by molar-refractivity contribution is 0.439. The molecule has 1 aliphatic rings. The van der Waals surface area contributed by atoms with E-state index < -0.39 is 0 Å². The molecule has 88 valence electrons. The molecule has 1 N–H and O–H groups in total. The van der Waals surface area contributed by atoms with E-state index in [9.17, 15) is 0 Å². The fourth-order valence-corrected chi connectivity index (χ4v) is 2.15. The van der Waals surface area contributed by atoms with E-state index in [-0.39, 0.29) is 6.04 Å². The normalized spacial score (nSPS) is 19.1. The number of fused-ring (bicyclic) bond motifs is 1. The summed E-state index contributed by atoms with van der Waals surface area (Å²) in [5, 5.41) is 11.9. The summed E-state index contributed by atoms with van der Waals surface area (Å²) in [6.07, 6.45) is 1.86. The summed E-state index contributed by atoms with van der Waals surface area (Å²) in [7, 11) is 0. The van der Waals surface area contributed by atoms with Crippen molar-refractivity contribution in [2.24, 2.45) is 0 Å². The summed E-state index contributed by atoms with van der Waals surface area (Å²) in [6.45, 7) is 5.96. The van der Waals surface area contributed by atoms with Crippen LogP contribution in [0, 0.1) is 6.92 Å². The quantitative estimate of drug-likeness (QED) is 0.801. The number of nitrogens with one attached hydrogen (secondary N) is 1. The molecule has 2 aromatic rings. The smallest absolute Gasteiger partial charge is 0.165 e. The summed E-state index contributed by atoms with van der Waals surface area (Å²) >= 11 is 0. The lowest BCUT2D eigenvalue weighted by Gasteiger charge is -2.21. The monoisotopic (exact) mass is 229 g/mol. The van der Waals surface area contributed by atoms with Gasteiger partial charge in [-0.15, -0.1) is 10.2 Å². The van der Waals surface area contributed by atoms with E-state index in [4.69, 9.17) is 0 Å². The minimum absolute atomic E-state index is 0.267. The van der Waals surface area contributed by atoms with Crippen LogP contribution in [0.1, 0.15) is 24.5 Å². The molecule has 0 saturated heterocycles. The molecule has 1 atom stereocenters. The van der Waals surface area contributed by atoms with Crippen LogP contribution in [0.4, 0.5) is 0 Å². The Labute approximate surface area is 99.9 Å². The molecule has 0 aliphatic carbocycles. The van der Waals surface area contributed by atoms with Gasteiger partial charge in [-0.1, -0.05) is 0 Å². The average Bonchev–Trinajstić information content (AvgIpc) is 2.75. The molecule has 0 amide bonds. The molecule has 1 unspecified atom stereocenters. The molecule has 0 saturated carbocycles. The molecular formula is C12H15N5. The van der Waals surface area contributed by atoms with Gasteiger partial charge in [0.15, 0.2) is 5.82 Å². The number of aromatic nitrogens is 4. The highest BCUT2D eigenvalue weighted by Gasteiger charge is 2.21. The molecule has 3 heterocycles. The van der Waals surface area contributed by atoms with E-state index in [1.165, 1.54) is 0 Å². The fourth-order valence-electron chi connectivity index (χ4n) is 2.15. The van der Waals surface area contributed by atoms with Crippen LogP contribution in [-0.4, -0.2) is 26.3 Å². The van der Waals surface area contributed by atoms with Gasteiger partial charge >= 0.3 is 0 Å². The highest BCUT2D eigenvalue weighted by atomic mass is 15.3. The standard InChI is InChI=1S/C12H15N5/c1-8-3-4-10(7-14-8)12-16-15-11-9(2)13-5-6-17(11)12/h3-4,7,9,13H,5-6H2,1-2H3. The fraction of sp³-hybridized carbons (Fsp3) is 0.417. The van der Waals surface area contributed by atoms with Crippen molar-refractivity contribution in [1.29, 1.82) is 0 Å². The van der Waals surface area contributed by atoms with E-state index in [0.717, 1.165) is 36.0 Å². The minimum Gasteiger partial charge on any atom is -0.308 e. The topological polar surface area (TPSA) is 55.6 Å². The van der Waals surface area contributed by atoms with E-state index in [1.807, 2.05) is 25.3 Å². The Balaban J connectivity index is 2.07. The third-order valence-corrected chi connectivity index (χ3v) is 3.12. The van der Waals surface area contributed by atoms with Crippen molar-refractivity contribution < 1.29 is 0 Å². The first kappa shape index (κ1) is 10.4. The van der Waals surface area contributed by atoms with Gasteiger partial charge in [-0.05, 0) is 26.0 Å². The van der Waals surface area contributed by atoms with Crippen LogP contribution < -0.4 is 5.32 Å². The number of rotatable bonds is 1. The molecule has 0 bridgehead atoms. The predicted molar refractivity (Wildman–Crippen MR) is 64.4 cm³/mol. The van der Waals surface area contributed by atoms with Gasteiger partial charge in [-0.2, -0.15) is 0 Å². The predicted octanol–water partition coefficient (Wildman–Crippen LogP) is 1.31. The molecule has 2 aromatic heterocycles. The Kier molecular flexibility index (Phi) is 2.40. The molecule has 3 rings (SSSR count). The van der Waals surface area contributed by atoms with Gasteiger partial charge in [0.05, 0.1) is 6.04 Å². The number of pyridine rings is 1. The molecule has 5 nitrogen and oxygen atoms in total. The zero-order chi connectivity index (χ0) is 11.8. The van der Waals surface area contributed by atoms with Crippen molar-refractivity contribution in [2.45, 2.75) is 26.4 Å². The first-order chi connectivity index (χ1) is 8.25. The van der Waals surface area contributed by atoms with Crippen LogP contribution >= 0.6 is 0 Å². The largest absolute Gasteiger partial charge is 0.308 e. The summed E-state index contributed by atoms with van der Waals surface area (Å²) in [4.78, 5) is 4.31. The SMILES string of the molecule is Cc1ccc(-c2nnc3n2CCNC3C)cn1. The van der Waals surface area contributed by atoms with Crippen LogP contribution in [0.2, 0.25) is 0 Å². The molecule has 0 spiro atoms. The molecule has 0 radical (unpaired) electrons. The first-order valence-corrected chi connectivity index (χ1v) is 5.85. The molecule has 5 heteroatoms. The second-order valence-electron chi connectivity index (χ2n) is 4.40. The van der Waals surface area contributed by atoms with Crippen LogP contribution in [0.5, 0.6) is 0 Å². The Morgan fingerprint density at radius 2 is 2.24 bits per heavy atom. The average molecular weight is 229 g/mol. The Hall–Kier alpha value is -1.75. The molecule has 0 fully saturated rings. The molecule has 17 heavy (non-hydrogen) atoms. The van der Waals surface area contributed by atoms with Crippen LogP contribution in [-0.2, 0) is 6.54 Å². The van der Waals surface area contributed by atoms with Crippen molar-refractivity contribution in [2.75, 3.05) is 6.54 Å². The molecular weight excluding hydrogens is 214 g/mol. The van der Waals surface area contributed by atoms with Gasteiger partial charge in [-0.25, -0.2) is 0 Å². The van der Waals surface area contributed by atoms with Gasteiger partial charge in [-0.3, -0.25) is 4.98 Å². The Bertz CT molecular complexity index is 528. The Morgan fingerprint density at radius 1 is 1.35 bits per heavy atom. The molecule has 1 aliphatic heterocycles. The number of hydrogen-bond donors (Lipinski definition) is 1. The maximum absolute atomic E-state index is 4.31. The lowest BCUT2D eigenvalue weighted by Crippen LogP contribution is -2.32. The van der Waals surface area contributed by atoms with Crippen molar-refractivity contribution in [3.05, 3.63) is 29.8 Å². The van der Waals surface area contributed by atoms with Crippen LogP contribution in [0.25, 0.3) is 11.4 Å². The second kappa shape index (κ2) is 3.92. The van der Waals surface area contributed by atoms with E-state index >= 15 is 0 Å². The van der Waals surface area contributed by atoms with Gasteiger partial charge < -0.3 is 9.88 Å². The minimum atomic E-state index is 0.267. The summed E-state index contributed by atoms with van der Waals surface area (Å²) in [6, 6.07) is 4.32. The lowest BCUT2D eigenvalue weighted by atomic mass is 10.2. The maximum Gasteiger partial charge on any atom is 0.165 e. The van der Waals surface area contributed by atoms with Crippen molar-refractivity contribution in [3.63, 3.8) is 0 Å². The first-order valence-electron chi connectivity index (χ1n) is 5.85. The van der Waals surface area contributed by atoms with Gasteiger partial charge in [0.25, 0.3) is 0 Å². The van der Waals surface area contributed by atoms with Crippen molar-refractivity contribution >= 4 is 0 Å². The maximum atomic E-state index is 4.31. The summed E-state index contributed by atoms with van der Waals surface area (Å²) in [5.74, 6) is 1.92.